The van der Waals surface area contributed by atoms with Crippen LogP contribution in [0.25, 0.3) is 11.0 Å². The third-order valence-electron chi connectivity index (χ3n) is 5.99. The minimum Gasteiger partial charge on any atom is -0.481 e. The van der Waals surface area contributed by atoms with Crippen LogP contribution in [0.2, 0.25) is 5.02 Å². The lowest BCUT2D eigenvalue weighted by molar-refractivity contribution is -0.137. The Kier molecular flexibility index (Phi) is 5.60. The van der Waals surface area contributed by atoms with E-state index in [2.05, 4.69) is 4.90 Å². The highest BCUT2D eigenvalue weighted by Gasteiger charge is 2.24. The number of carboxylic acids is 1. The van der Waals surface area contributed by atoms with Gasteiger partial charge in [-0.25, -0.2) is 4.79 Å². The standard InChI is InChI=1S/C23H26ClN3O3/c1-3-6-17(13-22(28)29)27-20-8-5-4-7-19(20)26(23(27)30)14-15-11-16(24)12-21-18(15)9-10-25(21)2/h4-5,7-8,11-12,17H,3,6,9-10,13-14H2,1-2H3,(H,28,29). The van der Waals surface area contributed by atoms with Gasteiger partial charge >= 0.3 is 11.7 Å². The second-order valence-electron chi connectivity index (χ2n) is 8.00. The van der Waals surface area contributed by atoms with Crippen molar-refractivity contribution in [1.29, 1.82) is 0 Å². The van der Waals surface area contributed by atoms with Gasteiger partial charge < -0.3 is 10.0 Å². The number of para-hydroxylation sites is 2. The molecule has 0 spiro atoms. The third-order valence-corrected chi connectivity index (χ3v) is 6.21. The number of anilines is 1. The molecule has 30 heavy (non-hydrogen) atoms. The number of likely N-dealkylation sites (N-methyl/N-ethyl adjacent to an activating group) is 1. The molecule has 1 aliphatic heterocycles. The Morgan fingerprint density at radius 3 is 2.67 bits per heavy atom. The van der Waals surface area contributed by atoms with Crippen LogP contribution in [0.1, 0.15) is 43.4 Å². The molecule has 0 saturated carbocycles. The molecule has 4 rings (SSSR count). The molecule has 0 amide bonds. The summed E-state index contributed by atoms with van der Waals surface area (Å²) in [6.07, 6.45) is 2.29. The maximum absolute atomic E-state index is 13.5. The summed E-state index contributed by atoms with van der Waals surface area (Å²) in [6.45, 7) is 3.34. The van der Waals surface area contributed by atoms with Gasteiger partial charge in [0.15, 0.2) is 0 Å². The van der Waals surface area contributed by atoms with Gasteiger partial charge in [0.05, 0.1) is 24.0 Å². The van der Waals surface area contributed by atoms with Crippen LogP contribution in [0, 0.1) is 0 Å². The SMILES string of the molecule is CCCC(CC(=O)O)n1c(=O)n(Cc2cc(Cl)cc3c2CCN3C)c2ccccc21. The number of fused-ring (bicyclic) bond motifs is 2. The van der Waals surface area contributed by atoms with Gasteiger partial charge in [0, 0.05) is 30.3 Å². The van der Waals surface area contributed by atoms with E-state index in [9.17, 15) is 14.7 Å². The summed E-state index contributed by atoms with van der Waals surface area (Å²) in [6, 6.07) is 11.2. The Morgan fingerprint density at radius 1 is 1.23 bits per heavy atom. The van der Waals surface area contributed by atoms with E-state index in [1.807, 2.05) is 50.4 Å². The van der Waals surface area contributed by atoms with E-state index in [1.54, 1.807) is 9.13 Å². The van der Waals surface area contributed by atoms with Crippen molar-refractivity contribution in [2.45, 2.75) is 45.2 Å². The van der Waals surface area contributed by atoms with Gasteiger partial charge in [-0.3, -0.25) is 13.9 Å². The highest BCUT2D eigenvalue weighted by molar-refractivity contribution is 6.31. The summed E-state index contributed by atoms with van der Waals surface area (Å²) in [7, 11) is 2.05. The second-order valence-corrected chi connectivity index (χ2v) is 8.44. The van der Waals surface area contributed by atoms with Crippen molar-refractivity contribution >= 4 is 34.3 Å². The monoisotopic (exact) mass is 427 g/mol. The second kappa shape index (κ2) is 8.19. The lowest BCUT2D eigenvalue weighted by Crippen LogP contribution is -2.29. The molecule has 1 atom stereocenters. The number of aliphatic carboxylic acids is 1. The normalized spacial score (nSPS) is 14.3. The first-order chi connectivity index (χ1) is 14.4. The van der Waals surface area contributed by atoms with Crippen molar-refractivity contribution < 1.29 is 9.90 Å². The van der Waals surface area contributed by atoms with Crippen LogP contribution < -0.4 is 10.6 Å². The highest BCUT2D eigenvalue weighted by Crippen LogP contribution is 2.34. The molecule has 1 aromatic heterocycles. The summed E-state index contributed by atoms with van der Waals surface area (Å²) in [5.74, 6) is -0.895. The number of hydrogen-bond donors (Lipinski definition) is 1. The Hall–Kier alpha value is -2.73. The van der Waals surface area contributed by atoms with Crippen molar-refractivity contribution in [2.75, 3.05) is 18.5 Å². The van der Waals surface area contributed by atoms with Crippen LogP contribution in [-0.2, 0) is 17.8 Å². The molecule has 0 fully saturated rings. The molecule has 2 aromatic carbocycles. The van der Waals surface area contributed by atoms with Gasteiger partial charge in [-0.05, 0) is 48.2 Å². The smallest absolute Gasteiger partial charge is 0.329 e. The lowest BCUT2D eigenvalue weighted by atomic mass is 10.0. The van der Waals surface area contributed by atoms with Crippen molar-refractivity contribution in [3.63, 3.8) is 0 Å². The number of rotatable bonds is 7. The quantitative estimate of drug-likeness (QED) is 0.610. The molecular formula is C23H26ClN3O3. The Bertz CT molecular complexity index is 1160. The van der Waals surface area contributed by atoms with E-state index in [0.717, 1.165) is 41.7 Å². The molecule has 158 valence electrons. The summed E-state index contributed by atoms with van der Waals surface area (Å²) in [5, 5.41) is 10.1. The first-order valence-electron chi connectivity index (χ1n) is 10.3. The number of aromatic nitrogens is 2. The van der Waals surface area contributed by atoms with E-state index < -0.39 is 5.97 Å². The molecule has 0 aliphatic carbocycles. The fraction of sp³-hybridized carbons (Fsp3) is 0.391. The summed E-state index contributed by atoms with van der Waals surface area (Å²) < 4.78 is 3.42. The summed E-state index contributed by atoms with van der Waals surface area (Å²) in [4.78, 5) is 27.2. The van der Waals surface area contributed by atoms with Gasteiger partial charge in [0.25, 0.3) is 0 Å². The molecule has 0 saturated heterocycles. The van der Waals surface area contributed by atoms with Gasteiger partial charge in [0.2, 0.25) is 0 Å². The van der Waals surface area contributed by atoms with E-state index in [4.69, 9.17) is 11.6 Å². The van der Waals surface area contributed by atoms with Crippen LogP contribution >= 0.6 is 11.6 Å². The van der Waals surface area contributed by atoms with Crippen molar-refractivity contribution in [1.82, 2.24) is 9.13 Å². The number of hydrogen-bond acceptors (Lipinski definition) is 3. The highest BCUT2D eigenvalue weighted by atomic mass is 35.5. The molecule has 1 unspecified atom stereocenters. The minimum atomic E-state index is -0.895. The molecule has 0 bridgehead atoms. The fourth-order valence-corrected chi connectivity index (χ4v) is 4.85. The number of nitrogens with zero attached hydrogens (tertiary/aromatic N) is 3. The average molecular weight is 428 g/mol. The first kappa shape index (κ1) is 20.5. The van der Waals surface area contributed by atoms with E-state index in [-0.39, 0.29) is 18.2 Å². The van der Waals surface area contributed by atoms with Crippen LogP contribution in [0.4, 0.5) is 5.69 Å². The first-order valence-corrected chi connectivity index (χ1v) is 10.7. The topological polar surface area (TPSA) is 67.5 Å². The van der Waals surface area contributed by atoms with Gasteiger partial charge in [-0.2, -0.15) is 0 Å². The van der Waals surface area contributed by atoms with Crippen LogP contribution in [-0.4, -0.2) is 33.8 Å². The number of carboxylic acid groups (broad SMARTS) is 1. The fourth-order valence-electron chi connectivity index (χ4n) is 4.61. The molecule has 7 heteroatoms. The van der Waals surface area contributed by atoms with Crippen molar-refractivity contribution in [2.24, 2.45) is 0 Å². The average Bonchev–Trinajstić information content (AvgIpc) is 3.19. The van der Waals surface area contributed by atoms with Gasteiger partial charge in [-0.1, -0.05) is 37.1 Å². The maximum atomic E-state index is 13.5. The minimum absolute atomic E-state index is 0.0703. The summed E-state index contributed by atoms with van der Waals surface area (Å²) >= 11 is 6.39. The van der Waals surface area contributed by atoms with E-state index in [0.29, 0.717) is 18.0 Å². The van der Waals surface area contributed by atoms with Crippen LogP contribution in [0.15, 0.2) is 41.2 Å². The van der Waals surface area contributed by atoms with Gasteiger partial charge in [0.1, 0.15) is 0 Å². The summed E-state index contributed by atoms with van der Waals surface area (Å²) in [5.41, 5.74) is 4.80. The van der Waals surface area contributed by atoms with Gasteiger partial charge in [-0.15, -0.1) is 0 Å². The largest absolute Gasteiger partial charge is 0.481 e. The molecule has 1 N–H and O–H groups in total. The molecule has 6 nitrogen and oxygen atoms in total. The molecule has 3 aromatic rings. The molecule has 0 radical (unpaired) electrons. The van der Waals surface area contributed by atoms with Crippen LogP contribution in [0.3, 0.4) is 0 Å². The van der Waals surface area contributed by atoms with Crippen molar-refractivity contribution in [3.05, 3.63) is 63.0 Å². The van der Waals surface area contributed by atoms with Crippen LogP contribution in [0.5, 0.6) is 0 Å². The maximum Gasteiger partial charge on any atom is 0.329 e. The third kappa shape index (κ3) is 3.60. The number of imidazole rings is 1. The van der Waals surface area contributed by atoms with E-state index >= 15 is 0 Å². The molecular weight excluding hydrogens is 402 g/mol. The number of halogens is 1. The Morgan fingerprint density at radius 2 is 1.97 bits per heavy atom. The Labute approximate surface area is 180 Å². The van der Waals surface area contributed by atoms with Crippen molar-refractivity contribution in [3.8, 4) is 0 Å². The predicted molar refractivity (Wildman–Crippen MR) is 120 cm³/mol. The molecule has 1 aliphatic rings. The lowest BCUT2D eigenvalue weighted by Gasteiger charge is -2.16. The zero-order valence-electron chi connectivity index (χ0n) is 17.3. The zero-order chi connectivity index (χ0) is 21.4. The predicted octanol–water partition coefficient (Wildman–Crippen LogP) is 4.31. The van der Waals surface area contributed by atoms with E-state index in [1.165, 1.54) is 5.56 Å². The zero-order valence-corrected chi connectivity index (χ0v) is 18.0. The Balaban J connectivity index is 1.86. The number of carbonyl (C=O) groups is 1. The molecule has 2 heterocycles. The number of benzene rings is 2.